The number of aromatic nitrogens is 2. The summed E-state index contributed by atoms with van der Waals surface area (Å²) in [6, 6.07) is 6.59. The van der Waals surface area contributed by atoms with Crippen LogP contribution in [0.1, 0.15) is 40.7 Å². The maximum absolute atomic E-state index is 13.0. The highest BCUT2D eigenvalue weighted by molar-refractivity contribution is 7.08. The summed E-state index contributed by atoms with van der Waals surface area (Å²) in [5, 5.41) is 4.01. The van der Waals surface area contributed by atoms with Gasteiger partial charge in [0.15, 0.2) is 0 Å². The number of carbonyl (C=O) groups is 1. The predicted molar refractivity (Wildman–Crippen MR) is 78.6 cm³/mol. The number of benzene rings is 1. The molecule has 1 amide bonds. The normalized spacial score (nSPS) is 14.2. The van der Waals surface area contributed by atoms with Gasteiger partial charge in [0, 0.05) is 12.6 Å². The summed E-state index contributed by atoms with van der Waals surface area (Å²) in [5.74, 6) is -0.267. The van der Waals surface area contributed by atoms with E-state index in [1.807, 2.05) is 11.8 Å². The summed E-state index contributed by atoms with van der Waals surface area (Å²) in [4.78, 5) is 15.2. The van der Waals surface area contributed by atoms with Crippen LogP contribution in [-0.2, 0) is 13.0 Å². The highest BCUT2D eigenvalue weighted by atomic mass is 32.1. The van der Waals surface area contributed by atoms with Crippen molar-refractivity contribution in [2.75, 3.05) is 0 Å². The van der Waals surface area contributed by atoms with Gasteiger partial charge in [-0.1, -0.05) is 23.5 Å². The Morgan fingerprint density at radius 1 is 1.38 bits per heavy atom. The summed E-state index contributed by atoms with van der Waals surface area (Å²) >= 11 is 1.16. The minimum atomic E-state index is -0.261. The zero-order valence-electron chi connectivity index (χ0n) is 11.8. The number of amides is 1. The number of hydrogen-bond donors (Lipinski definition) is 0. The Kier molecular flexibility index (Phi) is 3.96. The molecule has 0 N–H and O–H groups in total. The molecular formula is C15H16FN3OS. The summed E-state index contributed by atoms with van der Waals surface area (Å²) in [6.45, 7) is 2.47. The van der Waals surface area contributed by atoms with Crippen molar-refractivity contribution >= 4 is 17.4 Å². The van der Waals surface area contributed by atoms with Crippen LogP contribution < -0.4 is 0 Å². The molecule has 1 aliphatic rings. The number of aryl methyl sites for hydroxylation is 1. The lowest BCUT2D eigenvalue weighted by Crippen LogP contribution is -2.32. The topological polar surface area (TPSA) is 46.1 Å². The fourth-order valence-corrected chi connectivity index (χ4v) is 2.98. The van der Waals surface area contributed by atoms with Crippen molar-refractivity contribution in [2.24, 2.45) is 0 Å². The van der Waals surface area contributed by atoms with Gasteiger partial charge in [0.1, 0.15) is 10.7 Å². The minimum Gasteiger partial charge on any atom is -0.331 e. The van der Waals surface area contributed by atoms with Gasteiger partial charge in [-0.3, -0.25) is 4.79 Å². The molecule has 3 rings (SSSR count). The Bertz CT molecular complexity index is 637. The zero-order chi connectivity index (χ0) is 14.8. The zero-order valence-corrected chi connectivity index (χ0v) is 12.6. The molecule has 21 heavy (non-hydrogen) atoms. The summed E-state index contributed by atoms with van der Waals surface area (Å²) in [5.41, 5.74) is 1.70. The van der Waals surface area contributed by atoms with Crippen molar-refractivity contribution in [3.8, 4) is 0 Å². The van der Waals surface area contributed by atoms with Crippen molar-refractivity contribution < 1.29 is 9.18 Å². The van der Waals surface area contributed by atoms with Crippen LogP contribution in [0, 0.1) is 5.82 Å². The molecule has 1 aromatic heterocycles. The average molecular weight is 305 g/mol. The molecule has 1 heterocycles. The van der Waals surface area contributed by atoms with E-state index in [1.165, 1.54) is 12.1 Å². The SMILES string of the molecule is CCc1nnsc1C(=O)N(Cc1ccc(F)cc1)C1CC1. The van der Waals surface area contributed by atoms with Gasteiger partial charge in [-0.2, -0.15) is 0 Å². The Labute approximate surface area is 126 Å². The lowest BCUT2D eigenvalue weighted by Gasteiger charge is -2.22. The van der Waals surface area contributed by atoms with E-state index in [0.717, 1.165) is 35.6 Å². The van der Waals surface area contributed by atoms with Crippen molar-refractivity contribution in [3.63, 3.8) is 0 Å². The average Bonchev–Trinajstić information content (AvgIpc) is 3.22. The number of halogens is 1. The van der Waals surface area contributed by atoms with E-state index in [-0.39, 0.29) is 17.8 Å². The van der Waals surface area contributed by atoms with Crippen LogP contribution in [0.5, 0.6) is 0 Å². The molecule has 6 heteroatoms. The van der Waals surface area contributed by atoms with Gasteiger partial charge < -0.3 is 4.90 Å². The maximum atomic E-state index is 13.0. The molecule has 1 saturated carbocycles. The molecule has 4 nitrogen and oxygen atoms in total. The third-order valence-electron chi connectivity index (χ3n) is 3.60. The van der Waals surface area contributed by atoms with Crippen molar-refractivity contribution in [1.29, 1.82) is 0 Å². The fourth-order valence-electron chi connectivity index (χ4n) is 2.27. The molecular weight excluding hydrogens is 289 g/mol. The van der Waals surface area contributed by atoms with Gasteiger partial charge in [0.05, 0.1) is 5.69 Å². The summed E-state index contributed by atoms with van der Waals surface area (Å²) in [7, 11) is 0. The second-order valence-electron chi connectivity index (χ2n) is 5.19. The molecule has 0 spiro atoms. The first kappa shape index (κ1) is 14.1. The van der Waals surface area contributed by atoms with Gasteiger partial charge in [-0.25, -0.2) is 4.39 Å². The third kappa shape index (κ3) is 3.10. The van der Waals surface area contributed by atoms with Gasteiger partial charge in [-0.05, 0) is 48.5 Å². The molecule has 0 bridgehead atoms. The van der Waals surface area contributed by atoms with E-state index in [1.54, 1.807) is 12.1 Å². The number of rotatable bonds is 5. The molecule has 0 unspecified atom stereocenters. The van der Waals surface area contributed by atoms with E-state index in [4.69, 9.17) is 0 Å². The Hall–Kier alpha value is -1.82. The van der Waals surface area contributed by atoms with Gasteiger partial charge >= 0.3 is 0 Å². The van der Waals surface area contributed by atoms with E-state index in [0.29, 0.717) is 17.8 Å². The molecule has 0 radical (unpaired) electrons. The largest absolute Gasteiger partial charge is 0.331 e. The fraction of sp³-hybridized carbons (Fsp3) is 0.400. The van der Waals surface area contributed by atoms with Crippen LogP contribution in [0.3, 0.4) is 0 Å². The van der Waals surface area contributed by atoms with Crippen molar-refractivity contribution in [1.82, 2.24) is 14.5 Å². The lowest BCUT2D eigenvalue weighted by atomic mass is 10.2. The number of nitrogens with zero attached hydrogens (tertiary/aromatic N) is 3. The maximum Gasteiger partial charge on any atom is 0.268 e. The van der Waals surface area contributed by atoms with Crippen LogP contribution in [-0.4, -0.2) is 26.4 Å². The first-order chi connectivity index (χ1) is 10.2. The minimum absolute atomic E-state index is 0.00586. The van der Waals surface area contributed by atoms with Crippen LogP contribution >= 0.6 is 11.5 Å². The second kappa shape index (κ2) is 5.89. The molecule has 1 aromatic carbocycles. The Balaban J connectivity index is 1.81. The third-order valence-corrected chi connectivity index (χ3v) is 4.36. The number of hydrogen-bond acceptors (Lipinski definition) is 4. The first-order valence-corrected chi connectivity index (χ1v) is 7.83. The second-order valence-corrected chi connectivity index (χ2v) is 5.95. The molecule has 1 fully saturated rings. The van der Waals surface area contributed by atoms with Crippen LogP contribution in [0.25, 0.3) is 0 Å². The number of carbonyl (C=O) groups excluding carboxylic acids is 1. The first-order valence-electron chi connectivity index (χ1n) is 7.05. The highest BCUT2D eigenvalue weighted by Gasteiger charge is 2.34. The standard InChI is InChI=1S/C15H16FN3OS/c1-2-13-14(21-18-17-13)15(20)19(12-7-8-12)9-10-3-5-11(16)6-4-10/h3-6,12H,2,7-9H2,1H3. The van der Waals surface area contributed by atoms with Crippen LogP contribution in [0.15, 0.2) is 24.3 Å². The molecule has 0 aliphatic heterocycles. The quantitative estimate of drug-likeness (QED) is 0.853. The van der Waals surface area contributed by atoms with Crippen molar-refractivity contribution in [3.05, 3.63) is 46.2 Å². The van der Waals surface area contributed by atoms with E-state index >= 15 is 0 Å². The van der Waals surface area contributed by atoms with Crippen molar-refractivity contribution in [2.45, 2.75) is 38.8 Å². The molecule has 110 valence electrons. The smallest absolute Gasteiger partial charge is 0.268 e. The summed E-state index contributed by atoms with van der Waals surface area (Å²) in [6.07, 6.45) is 2.76. The highest BCUT2D eigenvalue weighted by Crippen LogP contribution is 2.31. The molecule has 0 saturated heterocycles. The van der Waals surface area contributed by atoms with Crippen LogP contribution in [0.4, 0.5) is 4.39 Å². The monoisotopic (exact) mass is 305 g/mol. The van der Waals surface area contributed by atoms with Gasteiger partial charge in [-0.15, -0.1) is 5.10 Å². The van der Waals surface area contributed by atoms with Gasteiger partial charge in [0.2, 0.25) is 0 Å². The van der Waals surface area contributed by atoms with Crippen LogP contribution in [0.2, 0.25) is 0 Å². The van der Waals surface area contributed by atoms with Gasteiger partial charge in [0.25, 0.3) is 5.91 Å². The molecule has 2 aromatic rings. The lowest BCUT2D eigenvalue weighted by molar-refractivity contribution is 0.0733. The van der Waals surface area contributed by atoms with E-state index in [9.17, 15) is 9.18 Å². The predicted octanol–water partition coefficient (Wildman–Crippen LogP) is 3.04. The Morgan fingerprint density at radius 3 is 2.71 bits per heavy atom. The summed E-state index contributed by atoms with van der Waals surface area (Å²) < 4.78 is 16.9. The van der Waals surface area contributed by atoms with E-state index < -0.39 is 0 Å². The van der Waals surface area contributed by atoms with E-state index in [2.05, 4.69) is 9.59 Å². The molecule has 0 atom stereocenters. The Morgan fingerprint density at radius 2 is 2.10 bits per heavy atom. The molecule has 1 aliphatic carbocycles.